The average Bonchev–Trinajstić information content (AvgIpc) is 1.54. The van der Waals surface area contributed by atoms with E-state index < -0.39 is 0 Å². The molecule has 6 bridgehead atoms. The van der Waals surface area contributed by atoms with E-state index in [0.717, 1.165) is 109 Å². The van der Waals surface area contributed by atoms with Gasteiger partial charge in [-0.1, -0.05) is 229 Å². The van der Waals surface area contributed by atoms with Gasteiger partial charge in [0.25, 0.3) is 0 Å². The maximum atomic E-state index is 12.5. The predicted molar refractivity (Wildman–Crippen MR) is 509 cm³/mol. The Kier molecular flexibility index (Phi) is 54.4. The first kappa shape index (κ1) is 127. The number of esters is 6. The second-order valence-corrected chi connectivity index (χ2v) is 42.5. The molecule has 0 saturated heterocycles. The number of ether oxygens (including phenoxy) is 6. The van der Waals surface area contributed by atoms with E-state index >= 15 is 0 Å². The molecule has 9 saturated carbocycles. The lowest BCUT2D eigenvalue weighted by molar-refractivity contribution is -0.202. The number of hydrogen-bond donors (Lipinski definition) is 0. The van der Waals surface area contributed by atoms with Crippen LogP contribution in [-0.4, -0.2) is 69.4 Å². The molecule has 0 amide bonds. The maximum absolute atomic E-state index is 12.5. The summed E-state index contributed by atoms with van der Waals surface area (Å²) in [5.41, 5.74) is -2.82. The van der Waals surface area contributed by atoms with Crippen LogP contribution in [0.1, 0.15) is 532 Å². The summed E-state index contributed by atoms with van der Waals surface area (Å²) < 4.78 is 35.9. The van der Waals surface area contributed by atoms with Crippen molar-refractivity contribution in [1.29, 1.82) is 0 Å². The first-order valence-electron chi connectivity index (χ1n) is 44.6. The number of rotatable bonds is 20. The molecule has 0 aliphatic heterocycles. The van der Waals surface area contributed by atoms with Crippen LogP contribution in [0.2, 0.25) is 0 Å². The van der Waals surface area contributed by atoms with Crippen LogP contribution in [0.3, 0.4) is 0 Å². The fraction of sp³-hybridized carbons (Fsp3) is 0.943. The fourth-order valence-electron chi connectivity index (χ4n) is 19.0. The Bertz CT molecular complexity index is 2820. The first-order chi connectivity index (χ1) is 49.2. The van der Waals surface area contributed by atoms with Crippen LogP contribution >= 0.6 is 0 Å². The number of carbonyl (C=O) groups is 6. The van der Waals surface area contributed by atoms with E-state index in [2.05, 4.69) is 111 Å². The Hall–Kier alpha value is -3.18. The van der Waals surface area contributed by atoms with Crippen LogP contribution in [0.15, 0.2) is 0 Å². The van der Waals surface area contributed by atoms with E-state index in [1.165, 1.54) is 148 Å². The molecular weight excluding hydrogens is 1450 g/mol. The summed E-state index contributed by atoms with van der Waals surface area (Å²) in [6.45, 7) is 62.9. The van der Waals surface area contributed by atoms with Crippen LogP contribution in [0, 0.1) is 77.8 Å². The minimum absolute atomic E-state index is 0. The van der Waals surface area contributed by atoms with Crippen molar-refractivity contribution < 1.29 is 57.2 Å². The molecule has 0 heterocycles. The van der Waals surface area contributed by atoms with E-state index in [4.69, 9.17) is 28.4 Å². The fourth-order valence-corrected chi connectivity index (χ4v) is 19.0. The SMILES string of the molecule is C.C.C.C.C.C.C.C.C.C.CCC(C)(C)C(=O)OC1(C)C2(C)CCC(C2)C1(C)C.CCC(C)(C)C(=O)OC1(C)CC2CCC1(C)C2(C)C.CCC(C)(C)C(=O)OC1(C)CCCCCC1.CCC(C)(C)C(=O)OC1(C)CCCCCCCCC1.CCC(C)(C)C(=O)OC1(CC)CC2CCC1C2.CCC1(OC(=O)C(C)(C)CC)CCCCCC1. The summed E-state index contributed by atoms with van der Waals surface area (Å²) in [6.07, 6.45) is 44.3. The van der Waals surface area contributed by atoms with Crippen molar-refractivity contribution in [2.45, 2.75) is 566 Å². The Labute approximate surface area is 732 Å². The summed E-state index contributed by atoms with van der Waals surface area (Å²) in [7, 11) is 0. The van der Waals surface area contributed by atoms with Gasteiger partial charge in [-0.25, -0.2) is 0 Å². The monoisotopic (exact) mass is 1670 g/mol. The molecule has 0 radical (unpaired) electrons. The van der Waals surface area contributed by atoms with Crippen LogP contribution < -0.4 is 0 Å². The van der Waals surface area contributed by atoms with E-state index in [-0.39, 0.29) is 198 Å². The molecule has 0 aromatic carbocycles. The Morgan fingerprint density at radius 1 is 0.291 bits per heavy atom. The summed E-state index contributed by atoms with van der Waals surface area (Å²) in [6, 6.07) is 0. The van der Waals surface area contributed by atoms with Crippen LogP contribution in [0.5, 0.6) is 0 Å². The molecule has 9 aliphatic rings. The van der Waals surface area contributed by atoms with Gasteiger partial charge in [0, 0.05) is 16.2 Å². The van der Waals surface area contributed by atoms with Crippen LogP contribution in [0.25, 0.3) is 0 Å². The van der Waals surface area contributed by atoms with E-state index in [1.807, 2.05) is 96.9 Å². The third-order valence-corrected chi connectivity index (χ3v) is 32.1. The van der Waals surface area contributed by atoms with Gasteiger partial charge in [0.1, 0.15) is 33.6 Å². The predicted octanol–water partition coefficient (Wildman–Crippen LogP) is 33.2. The standard InChI is InChI=1S/2C17H30O2.C17H32O2.C15H26O2.C15H28O2.C14H26O2.10CH4/c1-8-14(2,3)13(18)19-17(7)11-12-9-10-16(17,6)15(12,4)5;1-8-14(2,3)13(18)19-17(7)15(4,5)12-9-10-16(17,6)11-12;1-5-16(2,3)15(18)19-17(4)13-11-9-7-6-8-10-12-14-17;1-5-14(3,4)13(16)17-15(6-2)10-11-7-8-12(15)9-11;1-5-14(3,4)13(16)17-15(6-2)11-9-7-8-10-12-15;1-5-13(2,3)12(15)16-14(4)10-8-6-7-9-11-14;;;;;;;;;;/h2*12H,8-11H2,1-7H3;5-14H2,1-4H3;11-12H,5-10H2,1-4H3;5-12H2,1-4H3;5-11H2,1-4H3;10*1H4. The minimum atomic E-state index is -0.378. The molecule has 704 valence electrons. The topological polar surface area (TPSA) is 158 Å². The Morgan fingerprint density at radius 2 is 0.590 bits per heavy atom. The zero-order chi connectivity index (χ0) is 81.6. The number of hydrogen-bond acceptors (Lipinski definition) is 12. The summed E-state index contributed by atoms with van der Waals surface area (Å²) in [4.78, 5) is 73.9. The Balaban J connectivity index is -0.000000244. The second-order valence-electron chi connectivity index (χ2n) is 42.5. The van der Waals surface area contributed by atoms with Gasteiger partial charge in [0.2, 0.25) is 0 Å². The van der Waals surface area contributed by atoms with Crippen molar-refractivity contribution in [2.75, 3.05) is 0 Å². The lowest BCUT2D eigenvalue weighted by atomic mass is 9.61. The van der Waals surface area contributed by atoms with Crippen LogP contribution in [0.4, 0.5) is 0 Å². The van der Waals surface area contributed by atoms with Gasteiger partial charge in [0.05, 0.1) is 32.5 Å². The first-order valence-corrected chi connectivity index (χ1v) is 44.6. The third kappa shape index (κ3) is 30.6. The molecule has 9 atom stereocenters. The highest BCUT2D eigenvalue weighted by Gasteiger charge is 2.70. The van der Waals surface area contributed by atoms with Gasteiger partial charge in [-0.05, 0) is 332 Å². The lowest BCUT2D eigenvalue weighted by Gasteiger charge is -2.51. The molecule has 0 aromatic heterocycles. The largest absolute Gasteiger partial charge is 0.459 e. The van der Waals surface area contributed by atoms with Gasteiger partial charge in [-0.15, -0.1) is 0 Å². The Morgan fingerprint density at radius 3 is 0.863 bits per heavy atom. The molecule has 0 spiro atoms. The van der Waals surface area contributed by atoms with Crippen molar-refractivity contribution in [3.05, 3.63) is 0 Å². The van der Waals surface area contributed by atoms with Crippen molar-refractivity contribution in [3.8, 4) is 0 Å². The van der Waals surface area contributed by atoms with Crippen molar-refractivity contribution in [1.82, 2.24) is 0 Å². The highest BCUT2D eigenvalue weighted by Crippen LogP contribution is 2.72. The van der Waals surface area contributed by atoms with E-state index in [1.54, 1.807) is 0 Å². The average molecular weight is 1670 g/mol. The van der Waals surface area contributed by atoms with Gasteiger partial charge in [-0.3, -0.25) is 28.8 Å². The molecule has 9 fully saturated rings. The quantitative estimate of drug-likeness (QED) is 0.0646. The lowest BCUT2D eigenvalue weighted by Crippen LogP contribution is -2.55. The molecule has 0 N–H and O–H groups in total. The van der Waals surface area contributed by atoms with Gasteiger partial charge < -0.3 is 28.4 Å². The zero-order valence-electron chi connectivity index (χ0n) is 75.8. The molecule has 9 rings (SSSR count). The number of fused-ring (bicyclic) bond motifs is 6. The molecule has 9 aliphatic carbocycles. The highest BCUT2D eigenvalue weighted by molar-refractivity contribution is 5.79. The van der Waals surface area contributed by atoms with Crippen molar-refractivity contribution in [3.63, 3.8) is 0 Å². The molecule has 0 aromatic rings. The summed E-state index contributed by atoms with van der Waals surface area (Å²) >= 11 is 0. The van der Waals surface area contributed by atoms with E-state index in [0.29, 0.717) is 17.8 Å². The smallest absolute Gasteiger partial charge is 0.312 e. The van der Waals surface area contributed by atoms with E-state index in [9.17, 15) is 28.8 Å². The molecular formula is C105H212O12. The molecule has 117 heavy (non-hydrogen) atoms. The van der Waals surface area contributed by atoms with Gasteiger partial charge in [0.15, 0.2) is 0 Å². The third-order valence-electron chi connectivity index (χ3n) is 32.1. The minimum Gasteiger partial charge on any atom is -0.459 e. The van der Waals surface area contributed by atoms with Gasteiger partial charge >= 0.3 is 35.8 Å². The summed E-state index contributed by atoms with van der Waals surface area (Å²) in [5.74, 6) is 2.74. The second kappa shape index (κ2) is 50.1. The van der Waals surface area contributed by atoms with Crippen molar-refractivity contribution in [2.24, 2.45) is 77.8 Å². The highest BCUT2D eigenvalue weighted by atomic mass is 16.6. The maximum Gasteiger partial charge on any atom is 0.312 e. The van der Waals surface area contributed by atoms with Crippen LogP contribution in [-0.2, 0) is 57.2 Å². The normalized spacial score (nSPS) is 27.8. The number of carbonyl (C=O) groups excluding carboxylic acids is 6. The summed E-state index contributed by atoms with van der Waals surface area (Å²) in [5, 5.41) is 0. The molecule has 9 unspecified atom stereocenters. The van der Waals surface area contributed by atoms with Crippen molar-refractivity contribution >= 4 is 35.8 Å². The molecule has 12 heteroatoms. The van der Waals surface area contributed by atoms with Gasteiger partial charge in [-0.2, -0.15) is 0 Å². The zero-order valence-corrected chi connectivity index (χ0v) is 75.8. The molecule has 12 nitrogen and oxygen atoms in total.